The highest BCUT2D eigenvalue weighted by atomic mass is 16.7. The minimum Gasteiger partial charge on any atom is -0.350 e. The molecule has 90 valence electrons. The maximum absolute atomic E-state index is 5.90. The molecule has 0 amide bonds. The Balaban J connectivity index is 2.50. The van der Waals surface area contributed by atoms with Crippen LogP contribution in [0, 0.1) is 5.41 Å². The summed E-state index contributed by atoms with van der Waals surface area (Å²) in [4.78, 5) is 0. The van der Waals surface area contributed by atoms with E-state index in [0.717, 1.165) is 26.1 Å². The van der Waals surface area contributed by atoms with Gasteiger partial charge in [-0.3, -0.25) is 0 Å². The summed E-state index contributed by atoms with van der Waals surface area (Å²) in [7, 11) is 0. The summed E-state index contributed by atoms with van der Waals surface area (Å²) < 4.78 is 11.8. The van der Waals surface area contributed by atoms with Crippen LogP contribution in [0.4, 0.5) is 0 Å². The van der Waals surface area contributed by atoms with Crippen molar-refractivity contribution >= 4 is 0 Å². The first kappa shape index (κ1) is 13.0. The van der Waals surface area contributed by atoms with Crippen molar-refractivity contribution in [2.45, 2.75) is 65.6 Å². The van der Waals surface area contributed by atoms with E-state index in [9.17, 15) is 0 Å². The summed E-state index contributed by atoms with van der Waals surface area (Å²) in [5.74, 6) is -0.328. The molecule has 1 heterocycles. The maximum Gasteiger partial charge on any atom is 0.165 e. The van der Waals surface area contributed by atoms with Crippen LogP contribution < -0.4 is 0 Å². The van der Waals surface area contributed by atoms with E-state index < -0.39 is 0 Å². The van der Waals surface area contributed by atoms with Crippen molar-refractivity contribution in [2.24, 2.45) is 5.41 Å². The molecule has 0 radical (unpaired) electrons. The van der Waals surface area contributed by atoms with Crippen LogP contribution in [-0.4, -0.2) is 19.0 Å². The molecular weight excluding hydrogens is 188 g/mol. The number of unbranched alkanes of at least 4 members (excludes halogenated alkanes) is 1. The summed E-state index contributed by atoms with van der Waals surface area (Å²) in [6.45, 7) is 10.4. The third kappa shape index (κ3) is 3.18. The fraction of sp³-hybridized carbons (Fsp3) is 1.00. The van der Waals surface area contributed by atoms with Crippen molar-refractivity contribution in [3.63, 3.8) is 0 Å². The number of hydrogen-bond acceptors (Lipinski definition) is 2. The van der Waals surface area contributed by atoms with E-state index in [2.05, 4.69) is 20.8 Å². The monoisotopic (exact) mass is 214 g/mol. The number of hydrogen-bond donors (Lipinski definition) is 0. The quantitative estimate of drug-likeness (QED) is 0.694. The SMILES string of the molecule is CCCCC1(CC)COC(C)(CC)OC1. The summed E-state index contributed by atoms with van der Waals surface area (Å²) in [5, 5.41) is 0. The summed E-state index contributed by atoms with van der Waals surface area (Å²) in [6.07, 6.45) is 5.86. The van der Waals surface area contributed by atoms with Gasteiger partial charge in [0, 0.05) is 5.41 Å². The molecule has 2 nitrogen and oxygen atoms in total. The third-order valence-corrected chi connectivity index (χ3v) is 3.82. The first-order chi connectivity index (χ1) is 7.10. The number of ether oxygens (including phenoxy) is 2. The van der Waals surface area contributed by atoms with Crippen LogP contribution in [-0.2, 0) is 9.47 Å². The second-order valence-corrected chi connectivity index (χ2v) is 5.02. The van der Waals surface area contributed by atoms with Gasteiger partial charge in [0.1, 0.15) is 0 Å². The molecule has 0 bridgehead atoms. The zero-order valence-corrected chi connectivity index (χ0v) is 10.8. The van der Waals surface area contributed by atoms with Crippen LogP contribution in [0.25, 0.3) is 0 Å². The van der Waals surface area contributed by atoms with Gasteiger partial charge in [-0.1, -0.05) is 33.6 Å². The van der Waals surface area contributed by atoms with Crippen molar-refractivity contribution in [3.05, 3.63) is 0 Å². The van der Waals surface area contributed by atoms with E-state index in [-0.39, 0.29) is 11.2 Å². The molecule has 1 aliphatic rings. The predicted octanol–water partition coefficient (Wildman–Crippen LogP) is 3.75. The molecule has 0 atom stereocenters. The highest BCUT2D eigenvalue weighted by Gasteiger charge is 2.39. The van der Waals surface area contributed by atoms with Crippen LogP contribution in [0.1, 0.15) is 59.8 Å². The van der Waals surface area contributed by atoms with Crippen LogP contribution in [0.15, 0.2) is 0 Å². The smallest absolute Gasteiger partial charge is 0.165 e. The van der Waals surface area contributed by atoms with Gasteiger partial charge in [-0.2, -0.15) is 0 Å². The van der Waals surface area contributed by atoms with Crippen molar-refractivity contribution < 1.29 is 9.47 Å². The molecule has 1 rings (SSSR count). The summed E-state index contributed by atoms with van der Waals surface area (Å²) >= 11 is 0. The van der Waals surface area contributed by atoms with Crippen molar-refractivity contribution in [1.82, 2.24) is 0 Å². The largest absolute Gasteiger partial charge is 0.350 e. The maximum atomic E-state index is 5.90. The Morgan fingerprint density at radius 3 is 2.00 bits per heavy atom. The molecule has 0 saturated carbocycles. The van der Waals surface area contributed by atoms with Gasteiger partial charge in [0.2, 0.25) is 0 Å². The average molecular weight is 214 g/mol. The Bertz CT molecular complexity index is 181. The van der Waals surface area contributed by atoms with E-state index >= 15 is 0 Å². The lowest BCUT2D eigenvalue weighted by Gasteiger charge is -2.44. The summed E-state index contributed by atoms with van der Waals surface area (Å²) in [6, 6.07) is 0. The van der Waals surface area contributed by atoms with Gasteiger partial charge in [0.15, 0.2) is 5.79 Å². The van der Waals surface area contributed by atoms with Gasteiger partial charge >= 0.3 is 0 Å². The van der Waals surface area contributed by atoms with Crippen molar-refractivity contribution in [2.75, 3.05) is 13.2 Å². The number of rotatable bonds is 5. The molecule has 2 heteroatoms. The topological polar surface area (TPSA) is 18.5 Å². The van der Waals surface area contributed by atoms with Gasteiger partial charge in [-0.05, 0) is 26.2 Å². The second kappa shape index (κ2) is 5.31. The molecule has 0 aromatic rings. The van der Waals surface area contributed by atoms with E-state index in [4.69, 9.17) is 9.47 Å². The molecule has 15 heavy (non-hydrogen) atoms. The Labute approximate surface area is 94.3 Å². The lowest BCUT2D eigenvalue weighted by Crippen LogP contribution is -2.47. The van der Waals surface area contributed by atoms with Gasteiger partial charge in [-0.25, -0.2) is 0 Å². The molecule has 0 aliphatic carbocycles. The van der Waals surface area contributed by atoms with Crippen LogP contribution in [0.5, 0.6) is 0 Å². The fourth-order valence-electron chi connectivity index (χ4n) is 1.98. The first-order valence-corrected chi connectivity index (χ1v) is 6.37. The highest BCUT2D eigenvalue weighted by Crippen LogP contribution is 2.37. The Kier molecular flexibility index (Phi) is 4.60. The predicted molar refractivity (Wildman–Crippen MR) is 62.8 cm³/mol. The van der Waals surface area contributed by atoms with Gasteiger partial charge < -0.3 is 9.47 Å². The minimum absolute atomic E-state index is 0.282. The van der Waals surface area contributed by atoms with E-state index in [1.165, 1.54) is 19.3 Å². The van der Waals surface area contributed by atoms with Crippen LogP contribution in [0.3, 0.4) is 0 Å². The molecule has 0 N–H and O–H groups in total. The second-order valence-electron chi connectivity index (χ2n) is 5.02. The van der Waals surface area contributed by atoms with Crippen molar-refractivity contribution in [3.8, 4) is 0 Å². The fourth-order valence-corrected chi connectivity index (χ4v) is 1.98. The lowest BCUT2D eigenvalue weighted by molar-refractivity contribution is -0.297. The van der Waals surface area contributed by atoms with Gasteiger partial charge in [-0.15, -0.1) is 0 Å². The molecule has 0 unspecified atom stereocenters. The normalized spacial score (nSPS) is 36.8. The lowest BCUT2D eigenvalue weighted by atomic mass is 9.81. The zero-order valence-electron chi connectivity index (χ0n) is 10.8. The van der Waals surface area contributed by atoms with E-state index in [1.54, 1.807) is 0 Å². The molecule has 0 aromatic heterocycles. The molecule has 1 aliphatic heterocycles. The van der Waals surface area contributed by atoms with Crippen LogP contribution in [0.2, 0.25) is 0 Å². The van der Waals surface area contributed by atoms with E-state index in [1.807, 2.05) is 6.92 Å². The molecular formula is C13H26O2. The zero-order chi connectivity index (χ0) is 11.4. The highest BCUT2D eigenvalue weighted by molar-refractivity contribution is 4.83. The minimum atomic E-state index is -0.328. The molecule has 0 aromatic carbocycles. The summed E-state index contributed by atoms with van der Waals surface area (Å²) in [5.41, 5.74) is 0.282. The van der Waals surface area contributed by atoms with Gasteiger partial charge in [0.05, 0.1) is 13.2 Å². The Morgan fingerprint density at radius 1 is 1.00 bits per heavy atom. The van der Waals surface area contributed by atoms with E-state index in [0.29, 0.717) is 0 Å². The average Bonchev–Trinajstić information content (AvgIpc) is 2.29. The van der Waals surface area contributed by atoms with Gasteiger partial charge in [0.25, 0.3) is 0 Å². The molecule has 1 fully saturated rings. The third-order valence-electron chi connectivity index (χ3n) is 3.82. The standard InChI is InChI=1S/C13H26O2/c1-5-8-9-13(7-3)10-14-12(4,6-2)15-11-13/h5-11H2,1-4H3. The Hall–Kier alpha value is -0.0800. The molecule has 1 saturated heterocycles. The Morgan fingerprint density at radius 2 is 1.60 bits per heavy atom. The van der Waals surface area contributed by atoms with Crippen molar-refractivity contribution in [1.29, 1.82) is 0 Å². The van der Waals surface area contributed by atoms with Crippen LogP contribution >= 0.6 is 0 Å². The first-order valence-electron chi connectivity index (χ1n) is 6.37. The molecule has 0 spiro atoms.